The van der Waals surface area contributed by atoms with Crippen molar-refractivity contribution in [1.29, 1.82) is 0 Å². The molecule has 0 radical (unpaired) electrons. The molecular weight excluding hydrogens is 272 g/mol. The van der Waals surface area contributed by atoms with Crippen LogP contribution >= 0.6 is 0 Å². The average Bonchev–Trinajstić information content (AvgIpc) is 3.28. The van der Waals surface area contributed by atoms with Crippen LogP contribution in [0.3, 0.4) is 0 Å². The number of benzene rings is 2. The van der Waals surface area contributed by atoms with Crippen molar-refractivity contribution in [3.05, 3.63) is 66.4 Å². The molecule has 4 rings (SSSR count). The number of ketones is 1. The third-order valence-electron chi connectivity index (χ3n) is 4.13. The van der Waals surface area contributed by atoms with Crippen LogP contribution in [0.2, 0.25) is 0 Å². The molecule has 0 atom stereocenters. The third-order valence-corrected chi connectivity index (χ3v) is 4.13. The van der Waals surface area contributed by atoms with Gasteiger partial charge in [-0.15, -0.1) is 0 Å². The van der Waals surface area contributed by atoms with Crippen molar-refractivity contribution in [2.45, 2.75) is 12.8 Å². The monoisotopic (exact) mass is 288 g/mol. The lowest BCUT2D eigenvalue weighted by molar-refractivity contribution is 0.0967. The first-order chi connectivity index (χ1) is 10.8. The number of aromatic amines is 1. The summed E-state index contributed by atoms with van der Waals surface area (Å²) in [7, 11) is 0. The SMILES string of the molecule is O=C(c1ccc(-c2cccc(-c3ccn[nH]3)c2)cc1)C1CC1. The zero-order valence-electron chi connectivity index (χ0n) is 12.1. The van der Waals surface area contributed by atoms with Gasteiger partial charge in [-0.05, 0) is 36.1 Å². The number of hydrogen-bond donors (Lipinski definition) is 1. The van der Waals surface area contributed by atoms with Crippen molar-refractivity contribution in [3.8, 4) is 22.4 Å². The summed E-state index contributed by atoms with van der Waals surface area (Å²) in [6, 6.07) is 18.2. The maximum absolute atomic E-state index is 12.1. The lowest BCUT2D eigenvalue weighted by Gasteiger charge is -2.06. The largest absolute Gasteiger partial charge is 0.294 e. The summed E-state index contributed by atoms with van der Waals surface area (Å²) in [6.45, 7) is 0. The van der Waals surface area contributed by atoms with E-state index in [2.05, 4.69) is 28.4 Å². The molecular formula is C19H16N2O. The lowest BCUT2D eigenvalue weighted by Crippen LogP contribution is -2.00. The first kappa shape index (κ1) is 13.0. The Morgan fingerprint density at radius 2 is 1.73 bits per heavy atom. The second-order valence-electron chi connectivity index (χ2n) is 5.77. The molecule has 1 aliphatic carbocycles. The Bertz CT molecular complexity index is 800. The minimum absolute atomic E-state index is 0.273. The van der Waals surface area contributed by atoms with E-state index in [-0.39, 0.29) is 11.7 Å². The Labute approximate surface area is 129 Å². The Hall–Kier alpha value is -2.68. The molecule has 2 aromatic carbocycles. The molecule has 0 aliphatic heterocycles. The van der Waals surface area contributed by atoms with Gasteiger partial charge in [0.05, 0.1) is 5.69 Å². The second-order valence-corrected chi connectivity index (χ2v) is 5.77. The van der Waals surface area contributed by atoms with Gasteiger partial charge in [-0.2, -0.15) is 5.10 Å². The van der Waals surface area contributed by atoms with E-state index >= 15 is 0 Å². The van der Waals surface area contributed by atoms with Crippen molar-refractivity contribution < 1.29 is 4.79 Å². The fourth-order valence-electron chi connectivity index (χ4n) is 2.69. The minimum atomic E-state index is 0.273. The minimum Gasteiger partial charge on any atom is -0.294 e. The fraction of sp³-hybridized carbons (Fsp3) is 0.158. The van der Waals surface area contributed by atoms with Crippen molar-refractivity contribution >= 4 is 5.78 Å². The molecule has 1 heterocycles. The summed E-state index contributed by atoms with van der Waals surface area (Å²) in [6.07, 6.45) is 3.85. The van der Waals surface area contributed by atoms with Gasteiger partial charge < -0.3 is 0 Å². The third kappa shape index (κ3) is 2.46. The topological polar surface area (TPSA) is 45.8 Å². The van der Waals surface area contributed by atoms with Gasteiger partial charge >= 0.3 is 0 Å². The van der Waals surface area contributed by atoms with Gasteiger partial charge in [-0.1, -0.05) is 42.5 Å². The van der Waals surface area contributed by atoms with Crippen LogP contribution in [0.15, 0.2) is 60.8 Å². The van der Waals surface area contributed by atoms with Crippen LogP contribution in [0.5, 0.6) is 0 Å². The van der Waals surface area contributed by atoms with Crippen LogP contribution in [-0.4, -0.2) is 16.0 Å². The number of carbonyl (C=O) groups excluding carboxylic acids is 1. The number of nitrogens with zero attached hydrogens (tertiary/aromatic N) is 1. The Kier molecular flexibility index (Phi) is 3.11. The summed E-state index contributed by atoms with van der Waals surface area (Å²) >= 11 is 0. The number of rotatable bonds is 4. The molecule has 3 nitrogen and oxygen atoms in total. The predicted octanol–water partition coefficient (Wildman–Crippen LogP) is 4.34. The standard InChI is InChI=1S/C19H16N2O/c22-19(15-8-9-15)14-6-4-13(5-7-14)16-2-1-3-17(12-16)18-10-11-20-21-18/h1-7,10-12,15H,8-9H2,(H,20,21). The van der Waals surface area contributed by atoms with E-state index in [9.17, 15) is 4.79 Å². The van der Waals surface area contributed by atoms with Gasteiger partial charge in [0.25, 0.3) is 0 Å². The van der Waals surface area contributed by atoms with Gasteiger partial charge in [0.2, 0.25) is 0 Å². The highest BCUT2D eigenvalue weighted by Gasteiger charge is 2.30. The Morgan fingerprint density at radius 3 is 2.41 bits per heavy atom. The lowest BCUT2D eigenvalue weighted by atomic mass is 9.99. The highest BCUT2D eigenvalue weighted by Crippen LogP contribution is 2.33. The predicted molar refractivity (Wildman–Crippen MR) is 86.5 cm³/mol. The summed E-state index contributed by atoms with van der Waals surface area (Å²) in [5, 5.41) is 6.97. The van der Waals surface area contributed by atoms with Gasteiger partial charge in [0.15, 0.2) is 5.78 Å². The van der Waals surface area contributed by atoms with Crippen molar-refractivity contribution in [2.75, 3.05) is 0 Å². The first-order valence-corrected chi connectivity index (χ1v) is 7.56. The summed E-state index contributed by atoms with van der Waals surface area (Å²) < 4.78 is 0. The van der Waals surface area contributed by atoms with E-state index < -0.39 is 0 Å². The normalized spacial score (nSPS) is 14.0. The van der Waals surface area contributed by atoms with E-state index in [0.29, 0.717) is 0 Å². The number of aromatic nitrogens is 2. The molecule has 1 N–H and O–H groups in total. The van der Waals surface area contributed by atoms with Crippen LogP contribution in [0.4, 0.5) is 0 Å². The summed E-state index contributed by atoms with van der Waals surface area (Å²) in [4.78, 5) is 12.1. The Balaban J connectivity index is 1.64. The molecule has 22 heavy (non-hydrogen) atoms. The van der Waals surface area contributed by atoms with E-state index in [1.807, 2.05) is 36.4 Å². The van der Waals surface area contributed by atoms with Crippen molar-refractivity contribution in [1.82, 2.24) is 10.2 Å². The molecule has 0 bridgehead atoms. The molecule has 1 fully saturated rings. The smallest absolute Gasteiger partial charge is 0.165 e. The summed E-state index contributed by atoms with van der Waals surface area (Å²) in [5.74, 6) is 0.562. The molecule has 1 saturated carbocycles. The van der Waals surface area contributed by atoms with Gasteiger partial charge in [0.1, 0.15) is 0 Å². The molecule has 0 saturated heterocycles. The number of carbonyl (C=O) groups is 1. The van der Waals surface area contributed by atoms with E-state index in [4.69, 9.17) is 0 Å². The van der Waals surface area contributed by atoms with Crippen LogP contribution in [0, 0.1) is 5.92 Å². The van der Waals surface area contributed by atoms with Crippen LogP contribution < -0.4 is 0 Å². The van der Waals surface area contributed by atoms with Crippen LogP contribution in [0.25, 0.3) is 22.4 Å². The molecule has 0 amide bonds. The van der Waals surface area contributed by atoms with Gasteiger partial charge in [0, 0.05) is 23.2 Å². The molecule has 3 aromatic rings. The summed E-state index contributed by atoms with van der Waals surface area (Å²) in [5.41, 5.74) is 5.19. The molecule has 0 spiro atoms. The first-order valence-electron chi connectivity index (χ1n) is 7.56. The molecule has 1 aromatic heterocycles. The Morgan fingerprint density at radius 1 is 0.955 bits per heavy atom. The molecule has 0 unspecified atom stereocenters. The quantitative estimate of drug-likeness (QED) is 0.726. The molecule has 108 valence electrons. The van der Waals surface area contributed by atoms with E-state index in [1.165, 1.54) is 0 Å². The molecule has 3 heteroatoms. The van der Waals surface area contributed by atoms with Gasteiger partial charge in [-0.3, -0.25) is 9.89 Å². The number of hydrogen-bond acceptors (Lipinski definition) is 2. The zero-order valence-corrected chi connectivity index (χ0v) is 12.1. The zero-order chi connectivity index (χ0) is 14.9. The highest BCUT2D eigenvalue weighted by atomic mass is 16.1. The van der Waals surface area contributed by atoms with E-state index in [1.54, 1.807) is 6.20 Å². The molecule has 1 aliphatic rings. The number of nitrogens with one attached hydrogen (secondary N) is 1. The number of Topliss-reactive ketones (excluding diaryl/α,β-unsaturated/α-hetero) is 1. The highest BCUT2D eigenvalue weighted by molar-refractivity contribution is 5.99. The van der Waals surface area contributed by atoms with Crippen LogP contribution in [0.1, 0.15) is 23.2 Å². The second kappa shape index (κ2) is 5.26. The van der Waals surface area contributed by atoms with E-state index in [0.717, 1.165) is 40.8 Å². The maximum Gasteiger partial charge on any atom is 0.165 e. The van der Waals surface area contributed by atoms with Gasteiger partial charge in [-0.25, -0.2) is 0 Å². The van der Waals surface area contributed by atoms with Crippen molar-refractivity contribution in [2.24, 2.45) is 5.92 Å². The average molecular weight is 288 g/mol. The van der Waals surface area contributed by atoms with Crippen LogP contribution in [-0.2, 0) is 0 Å². The number of H-pyrrole nitrogens is 1. The maximum atomic E-state index is 12.1. The fourth-order valence-corrected chi connectivity index (χ4v) is 2.69. The van der Waals surface area contributed by atoms with Crippen molar-refractivity contribution in [3.63, 3.8) is 0 Å².